The quantitative estimate of drug-likeness (QED) is 0.193. The lowest BCUT2D eigenvalue weighted by atomic mass is 9.77. The second kappa shape index (κ2) is 14.2. The van der Waals surface area contributed by atoms with Gasteiger partial charge in [0.2, 0.25) is 5.91 Å². The molecule has 236 valence electrons. The lowest BCUT2D eigenvalue weighted by Gasteiger charge is -2.28. The molecule has 1 heterocycles. The standard InChI is InChI=1S/C37H38N4O5/c1-37(2)18-16-27(17-19-37)30-21-38-35(39-22-30)28-8-4-26(5-9-28)23-41(24-34(43)44)36(45)29-10-12-31(13-11-29)40-33(42)20-25-6-14-32(46-3)15-7-25/h4-16,21-22H,17-20,23-24H2,1-3H3,(H,40,42)(H,43,44). The van der Waals surface area contributed by atoms with Crippen molar-refractivity contribution in [2.24, 2.45) is 5.41 Å². The zero-order valence-electron chi connectivity index (χ0n) is 26.3. The Hall–Kier alpha value is -5.31. The average molecular weight is 619 g/mol. The lowest BCUT2D eigenvalue weighted by molar-refractivity contribution is -0.137. The van der Waals surface area contributed by atoms with Crippen molar-refractivity contribution in [3.8, 4) is 17.1 Å². The van der Waals surface area contributed by atoms with Crippen LogP contribution in [-0.4, -0.2) is 51.4 Å². The van der Waals surface area contributed by atoms with Gasteiger partial charge < -0.3 is 20.1 Å². The minimum Gasteiger partial charge on any atom is -0.497 e. The number of ether oxygens (including phenoxy) is 1. The number of anilines is 1. The van der Waals surface area contributed by atoms with E-state index in [0.29, 0.717) is 28.2 Å². The number of carbonyl (C=O) groups is 3. The van der Waals surface area contributed by atoms with Gasteiger partial charge in [-0.15, -0.1) is 0 Å². The van der Waals surface area contributed by atoms with Crippen LogP contribution in [0.3, 0.4) is 0 Å². The molecule has 0 spiro atoms. The van der Waals surface area contributed by atoms with Crippen LogP contribution in [0.25, 0.3) is 17.0 Å². The number of amides is 2. The first-order valence-corrected chi connectivity index (χ1v) is 15.2. The number of nitrogens with one attached hydrogen (secondary N) is 1. The minimum absolute atomic E-state index is 0.107. The van der Waals surface area contributed by atoms with Crippen LogP contribution in [0.2, 0.25) is 0 Å². The summed E-state index contributed by atoms with van der Waals surface area (Å²) in [5.74, 6) is -0.431. The van der Waals surface area contributed by atoms with E-state index in [-0.39, 0.29) is 18.9 Å². The van der Waals surface area contributed by atoms with Crippen LogP contribution < -0.4 is 10.1 Å². The molecule has 9 nitrogen and oxygen atoms in total. The molecule has 1 aliphatic rings. The van der Waals surface area contributed by atoms with Crippen molar-refractivity contribution in [3.63, 3.8) is 0 Å². The van der Waals surface area contributed by atoms with Crippen molar-refractivity contribution >= 4 is 29.0 Å². The molecule has 0 unspecified atom stereocenters. The third-order valence-corrected chi connectivity index (χ3v) is 8.13. The molecule has 0 radical (unpaired) electrons. The van der Waals surface area contributed by atoms with E-state index in [0.717, 1.165) is 41.5 Å². The van der Waals surface area contributed by atoms with Gasteiger partial charge in [-0.1, -0.05) is 56.3 Å². The molecule has 2 N–H and O–H groups in total. The zero-order chi connectivity index (χ0) is 32.7. The molecular formula is C37H38N4O5. The SMILES string of the molecule is COc1ccc(CC(=O)Nc2ccc(C(=O)N(CC(=O)O)Cc3ccc(-c4ncc(C5=CCC(C)(C)CC5)cn4)cc3)cc2)cc1. The van der Waals surface area contributed by atoms with Crippen molar-refractivity contribution in [2.45, 2.75) is 46.1 Å². The first-order chi connectivity index (χ1) is 22.1. The van der Waals surface area contributed by atoms with Crippen LogP contribution in [-0.2, 0) is 22.6 Å². The van der Waals surface area contributed by atoms with E-state index in [1.54, 1.807) is 43.5 Å². The van der Waals surface area contributed by atoms with E-state index in [1.165, 1.54) is 10.5 Å². The first-order valence-electron chi connectivity index (χ1n) is 15.2. The summed E-state index contributed by atoms with van der Waals surface area (Å²) in [6.45, 7) is 4.22. The molecule has 0 atom stereocenters. The molecule has 4 aromatic rings. The van der Waals surface area contributed by atoms with Crippen LogP contribution in [0.5, 0.6) is 5.75 Å². The summed E-state index contributed by atoms with van der Waals surface area (Å²) in [5.41, 5.74) is 5.95. The number of carbonyl (C=O) groups excluding carboxylic acids is 2. The molecule has 0 aliphatic heterocycles. The monoisotopic (exact) mass is 618 g/mol. The number of aromatic nitrogens is 2. The predicted molar refractivity (Wildman–Crippen MR) is 177 cm³/mol. The number of carboxylic acid groups (broad SMARTS) is 1. The molecule has 3 aromatic carbocycles. The summed E-state index contributed by atoms with van der Waals surface area (Å²) >= 11 is 0. The Labute approximate surface area is 269 Å². The smallest absolute Gasteiger partial charge is 0.323 e. The number of allylic oxidation sites excluding steroid dienone is 2. The second-order valence-corrected chi connectivity index (χ2v) is 12.3. The van der Waals surface area contributed by atoms with Gasteiger partial charge in [0.25, 0.3) is 5.91 Å². The summed E-state index contributed by atoms with van der Waals surface area (Å²) in [5, 5.41) is 12.3. The number of benzene rings is 3. The van der Waals surface area contributed by atoms with Gasteiger partial charge in [0, 0.05) is 41.3 Å². The number of rotatable bonds is 11. The summed E-state index contributed by atoms with van der Waals surface area (Å²) in [4.78, 5) is 47.9. The Bertz CT molecular complexity index is 1710. The van der Waals surface area contributed by atoms with Gasteiger partial charge in [-0.25, -0.2) is 9.97 Å². The number of aliphatic carboxylic acids is 1. The minimum atomic E-state index is -1.11. The number of hydrogen-bond donors (Lipinski definition) is 2. The Morgan fingerprint density at radius 2 is 1.54 bits per heavy atom. The Morgan fingerprint density at radius 3 is 2.13 bits per heavy atom. The lowest BCUT2D eigenvalue weighted by Crippen LogP contribution is -2.35. The van der Waals surface area contributed by atoms with E-state index in [4.69, 9.17) is 4.74 Å². The Kier molecular flexibility index (Phi) is 9.91. The third kappa shape index (κ3) is 8.44. The molecule has 46 heavy (non-hydrogen) atoms. The van der Waals surface area contributed by atoms with Gasteiger partial charge in [0.1, 0.15) is 12.3 Å². The second-order valence-electron chi connectivity index (χ2n) is 12.3. The van der Waals surface area contributed by atoms with Crippen LogP contribution >= 0.6 is 0 Å². The summed E-state index contributed by atoms with van der Waals surface area (Å²) in [7, 11) is 1.58. The van der Waals surface area contributed by atoms with Crippen molar-refractivity contribution in [3.05, 3.63) is 114 Å². The first kappa shape index (κ1) is 32.1. The highest BCUT2D eigenvalue weighted by atomic mass is 16.5. The molecular weight excluding hydrogens is 580 g/mol. The summed E-state index contributed by atoms with van der Waals surface area (Å²) < 4.78 is 5.15. The average Bonchev–Trinajstić information content (AvgIpc) is 3.05. The number of nitrogens with zero attached hydrogens (tertiary/aromatic N) is 3. The fraction of sp³-hybridized carbons (Fsp3) is 0.270. The number of hydrogen-bond acceptors (Lipinski definition) is 6. The summed E-state index contributed by atoms with van der Waals surface area (Å²) in [6, 6.07) is 21.1. The van der Waals surface area contributed by atoms with Crippen molar-refractivity contribution in [1.29, 1.82) is 0 Å². The maximum atomic E-state index is 13.3. The van der Waals surface area contributed by atoms with Gasteiger partial charge in [-0.2, -0.15) is 0 Å². The molecule has 1 aliphatic carbocycles. The fourth-order valence-corrected chi connectivity index (χ4v) is 5.34. The van der Waals surface area contributed by atoms with Gasteiger partial charge in [-0.05, 0) is 77.8 Å². The van der Waals surface area contributed by atoms with E-state index in [1.807, 2.05) is 48.8 Å². The van der Waals surface area contributed by atoms with E-state index < -0.39 is 18.4 Å². The predicted octanol–water partition coefficient (Wildman–Crippen LogP) is 6.65. The van der Waals surface area contributed by atoms with E-state index in [2.05, 4.69) is 35.2 Å². The third-order valence-electron chi connectivity index (χ3n) is 8.13. The largest absolute Gasteiger partial charge is 0.497 e. The molecule has 0 fully saturated rings. The van der Waals surface area contributed by atoms with E-state index >= 15 is 0 Å². The molecule has 9 heteroatoms. The highest BCUT2D eigenvalue weighted by molar-refractivity contribution is 5.97. The van der Waals surface area contributed by atoms with Gasteiger partial charge in [0.05, 0.1) is 13.5 Å². The van der Waals surface area contributed by atoms with Gasteiger partial charge in [-0.3, -0.25) is 14.4 Å². The van der Waals surface area contributed by atoms with Gasteiger partial charge >= 0.3 is 5.97 Å². The van der Waals surface area contributed by atoms with Gasteiger partial charge in [0.15, 0.2) is 5.82 Å². The Balaban J connectivity index is 1.20. The van der Waals surface area contributed by atoms with Crippen LogP contribution in [0.1, 0.15) is 60.2 Å². The molecule has 0 bridgehead atoms. The highest BCUT2D eigenvalue weighted by Crippen LogP contribution is 2.37. The maximum absolute atomic E-state index is 13.3. The highest BCUT2D eigenvalue weighted by Gasteiger charge is 2.22. The molecule has 0 saturated heterocycles. The van der Waals surface area contributed by atoms with Crippen LogP contribution in [0, 0.1) is 5.41 Å². The molecule has 5 rings (SSSR count). The summed E-state index contributed by atoms with van der Waals surface area (Å²) in [6.07, 6.45) is 9.41. The molecule has 0 saturated carbocycles. The zero-order valence-corrected chi connectivity index (χ0v) is 26.3. The van der Waals surface area contributed by atoms with Crippen molar-refractivity contribution in [2.75, 3.05) is 19.0 Å². The fourth-order valence-electron chi connectivity index (χ4n) is 5.34. The molecule has 1 aromatic heterocycles. The topological polar surface area (TPSA) is 122 Å². The normalized spacial score (nSPS) is 13.8. The molecule has 2 amide bonds. The van der Waals surface area contributed by atoms with E-state index in [9.17, 15) is 19.5 Å². The van der Waals surface area contributed by atoms with Crippen LogP contribution in [0.4, 0.5) is 5.69 Å². The van der Waals surface area contributed by atoms with Crippen molar-refractivity contribution in [1.82, 2.24) is 14.9 Å². The van der Waals surface area contributed by atoms with Crippen LogP contribution in [0.15, 0.2) is 91.3 Å². The van der Waals surface area contributed by atoms with Crippen molar-refractivity contribution < 1.29 is 24.2 Å². The maximum Gasteiger partial charge on any atom is 0.323 e. The Morgan fingerprint density at radius 1 is 0.891 bits per heavy atom. The number of methoxy groups -OCH3 is 1. The number of carboxylic acids is 1.